The van der Waals surface area contributed by atoms with Crippen LogP contribution in [0.25, 0.3) is 11.1 Å². The van der Waals surface area contributed by atoms with Crippen molar-refractivity contribution in [1.29, 1.82) is 0 Å². The fourth-order valence-corrected chi connectivity index (χ4v) is 4.28. The van der Waals surface area contributed by atoms with E-state index in [1.165, 1.54) is 22.3 Å². The topological polar surface area (TPSA) is 93.9 Å². The third kappa shape index (κ3) is 4.51. The third-order valence-corrected chi connectivity index (χ3v) is 5.66. The van der Waals surface area contributed by atoms with Gasteiger partial charge in [0.05, 0.1) is 6.04 Å². The van der Waals surface area contributed by atoms with E-state index in [-0.39, 0.29) is 31.2 Å². The summed E-state index contributed by atoms with van der Waals surface area (Å²) in [5, 5.41) is 2.76. The van der Waals surface area contributed by atoms with Gasteiger partial charge in [0.2, 0.25) is 0 Å². The number of nitrogens with two attached hydrogens (primary N) is 1. The lowest BCUT2D eigenvalue weighted by Gasteiger charge is -2.23. The van der Waals surface area contributed by atoms with E-state index in [1.54, 1.807) is 25.7 Å². The second-order valence-electron chi connectivity index (χ2n) is 9.13. The second-order valence-corrected chi connectivity index (χ2v) is 9.13. The summed E-state index contributed by atoms with van der Waals surface area (Å²) >= 11 is 0. The third-order valence-electron chi connectivity index (χ3n) is 5.66. The molecule has 4 rings (SSSR count). The van der Waals surface area contributed by atoms with Gasteiger partial charge in [-0.15, -0.1) is 0 Å². The van der Waals surface area contributed by atoms with Crippen LogP contribution in [-0.2, 0) is 9.47 Å². The van der Waals surface area contributed by atoms with Crippen molar-refractivity contribution in [2.75, 3.05) is 19.7 Å². The van der Waals surface area contributed by atoms with Crippen LogP contribution in [0.4, 0.5) is 9.59 Å². The number of fused-ring (bicyclic) bond motifs is 3. The van der Waals surface area contributed by atoms with E-state index in [0.717, 1.165) is 0 Å². The summed E-state index contributed by atoms with van der Waals surface area (Å²) in [4.78, 5) is 26.3. The van der Waals surface area contributed by atoms with Crippen LogP contribution >= 0.6 is 0 Å². The van der Waals surface area contributed by atoms with Gasteiger partial charge in [-0.3, -0.25) is 0 Å². The van der Waals surface area contributed by atoms with Gasteiger partial charge in [0.15, 0.2) is 0 Å². The highest BCUT2D eigenvalue weighted by Crippen LogP contribution is 2.44. The predicted octanol–water partition coefficient (Wildman–Crippen LogP) is 3.47. The Hall–Kier alpha value is -3.06. The van der Waals surface area contributed by atoms with E-state index in [9.17, 15) is 9.59 Å². The molecular formula is C24H29N3O4. The fraction of sp³-hybridized carbons (Fsp3) is 0.417. The lowest BCUT2D eigenvalue weighted by Crippen LogP contribution is -2.48. The minimum atomic E-state index is -0.598. The predicted molar refractivity (Wildman–Crippen MR) is 118 cm³/mol. The molecule has 1 saturated heterocycles. The van der Waals surface area contributed by atoms with Gasteiger partial charge in [0, 0.05) is 25.0 Å². The highest BCUT2D eigenvalue weighted by Gasteiger charge is 2.36. The number of ether oxygens (including phenoxy) is 2. The Bertz CT molecular complexity index is 939. The standard InChI is InChI=1S/C24H29N3O4/c1-24(2,3)31-22(28)26-21-13-27(12-20(21)25)23(29)30-14-19-17-10-6-4-8-15(17)16-9-5-7-11-18(16)19/h4-11,19-21H,12-14,25H2,1-3H3,(H,26,28)/t20-,21+/m0/s1. The summed E-state index contributed by atoms with van der Waals surface area (Å²) in [7, 11) is 0. The van der Waals surface area contributed by atoms with Gasteiger partial charge in [0.1, 0.15) is 12.2 Å². The van der Waals surface area contributed by atoms with Gasteiger partial charge in [-0.1, -0.05) is 48.5 Å². The van der Waals surface area contributed by atoms with Crippen LogP contribution in [-0.4, -0.2) is 54.5 Å². The van der Waals surface area contributed by atoms with E-state index < -0.39 is 17.8 Å². The van der Waals surface area contributed by atoms with Crippen LogP contribution in [0.3, 0.4) is 0 Å². The Labute approximate surface area is 182 Å². The number of amides is 2. The number of rotatable bonds is 3. The molecule has 2 aromatic carbocycles. The van der Waals surface area contributed by atoms with Crippen molar-refractivity contribution in [3.63, 3.8) is 0 Å². The van der Waals surface area contributed by atoms with Crippen LogP contribution in [0, 0.1) is 0 Å². The van der Waals surface area contributed by atoms with Crippen molar-refractivity contribution in [3.8, 4) is 11.1 Å². The Morgan fingerprint density at radius 1 is 1.03 bits per heavy atom. The first-order valence-corrected chi connectivity index (χ1v) is 10.6. The first kappa shape index (κ1) is 21.2. The van der Waals surface area contributed by atoms with E-state index >= 15 is 0 Å². The monoisotopic (exact) mass is 423 g/mol. The van der Waals surface area contributed by atoms with Crippen molar-refractivity contribution >= 4 is 12.2 Å². The zero-order valence-corrected chi connectivity index (χ0v) is 18.1. The number of alkyl carbamates (subject to hydrolysis) is 1. The lowest BCUT2D eigenvalue weighted by atomic mass is 9.98. The number of carbonyl (C=O) groups is 2. The van der Waals surface area contributed by atoms with E-state index in [1.807, 2.05) is 24.3 Å². The maximum atomic E-state index is 12.7. The van der Waals surface area contributed by atoms with Crippen LogP contribution in [0.5, 0.6) is 0 Å². The largest absolute Gasteiger partial charge is 0.448 e. The molecule has 31 heavy (non-hydrogen) atoms. The Morgan fingerprint density at radius 3 is 2.19 bits per heavy atom. The highest BCUT2D eigenvalue weighted by molar-refractivity contribution is 5.79. The summed E-state index contributed by atoms with van der Waals surface area (Å²) in [5.74, 6) is 0.00307. The second kappa shape index (κ2) is 8.23. The molecule has 0 radical (unpaired) electrons. The van der Waals surface area contributed by atoms with Crippen molar-refractivity contribution in [1.82, 2.24) is 10.2 Å². The van der Waals surface area contributed by atoms with Gasteiger partial charge in [-0.2, -0.15) is 0 Å². The average molecular weight is 424 g/mol. The van der Waals surface area contributed by atoms with E-state index in [0.29, 0.717) is 6.54 Å². The smallest absolute Gasteiger partial charge is 0.409 e. The fourth-order valence-electron chi connectivity index (χ4n) is 4.28. The number of hydrogen-bond acceptors (Lipinski definition) is 5. The molecule has 3 N–H and O–H groups in total. The summed E-state index contributed by atoms with van der Waals surface area (Å²) in [6, 6.07) is 15.7. The number of carbonyl (C=O) groups excluding carboxylic acids is 2. The molecule has 0 spiro atoms. The molecule has 1 aliphatic heterocycles. The van der Waals surface area contributed by atoms with Crippen molar-refractivity contribution in [2.45, 2.75) is 44.4 Å². The maximum absolute atomic E-state index is 12.7. The van der Waals surface area contributed by atoms with Crippen molar-refractivity contribution < 1.29 is 19.1 Å². The summed E-state index contributed by atoms with van der Waals surface area (Å²) in [5.41, 5.74) is 10.2. The zero-order chi connectivity index (χ0) is 22.2. The normalized spacial score (nSPS) is 20.2. The first-order valence-electron chi connectivity index (χ1n) is 10.6. The molecule has 7 nitrogen and oxygen atoms in total. The number of nitrogens with zero attached hydrogens (tertiary/aromatic N) is 1. The molecule has 1 aliphatic carbocycles. The molecule has 1 heterocycles. The van der Waals surface area contributed by atoms with Gasteiger partial charge < -0.3 is 25.4 Å². The summed E-state index contributed by atoms with van der Waals surface area (Å²) in [6.45, 7) is 6.25. The number of benzene rings is 2. The number of likely N-dealkylation sites (tertiary alicyclic amines) is 1. The first-order chi connectivity index (χ1) is 14.7. The lowest BCUT2D eigenvalue weighted by molar-refractivity contribution is 0.0500. The van der Waals surface area contributed by atoms with Crippen LogP contribution in [0.1, 0.15) is 37.8 Å². The number of hydrogen-bond donors (Lipinski definition) is 2. The van der Waals surface area contributed by atoms with Gasteiger partial charge in [-0.25, -0.2) is 9.59 Å². The summed E-state index contributed by atoms with van der Waals surface area (Å²) < 4.78 is 11.0. The molecule has 0 unspecified atom stereocenters. The molecule has 0 aromatic heterocycles. The van der Waals surface area contributed by atoms with E-state index in [4.69, 9.17) is 15.2 Å². The molecule has 1 fully saturated rings. The Morgan fingerprint density at radius 2 is 1.61 bits per heavy atom. The average Bonchev–Trinajstić information content (AvgIpc) is 3.23. The number of nitrogens with one attached hydrogen (secondary N) is 1. The van der Waals surface area contributed by atoms with Crippen LogP contribution < -0.4 is 11.1 Å². The Balaban J connectivity index is 1.37. The van der Waals surface area contributed by atoms with Gasteiger partial charge >= 0.3 is 12.2 Å². The molecular weight excluding hydrogens is 394 g/mol. The summed E-state index contributed by atoms with van der Waals surface area (Å²) in [6.07, 6.45) is -0.965. The minimum Gasteiger partial charge on any atom is -0.448 e. The Kier molecular flexibility index (Phi) is 5.62. The molecule has 7 heteroatoms. The zero-order valence-electron chi connectivity index (χ0n) is 18.1. The highest BCUT2D eigenvalue weighted by atomic mass is 16.6. The molecule has 2 amide bonds. The van der Waals surface area contributed by atoms with Crippen LogP contribution in [0.15, 0.2) is 48.5 Å². The molecule has 0 saturated carbocycles. The SMILES string of the molecule is CC(C)(C)OC(=O)N[C@@H]1CN(C(=O)OCC2c3ccccc3-c3ccccc32)C[C@@H]1N. The van der Waals surface area contributed by atoms with Gasteiger partial charge in [-0.05, 0) is 43.0 Å². The molecule has 2 aliphatic rings. The molecule has 0 bridgehead atoms. The minimum absolute atomic E-state index is 0.00307. The maximum Gasteiger partial charge on any atom is 0.409 e. The van der Waals surface area contributed by atoms with Crippen molar-refractivity contribution in [3.05, 3.63) is 59.7 Å². The molecule has 2 aromatic rings. The molecule has 164 valence electrons. The van der Waals surface area contributed by atoms with Gasteiger partial charge in [0.25, 0.3) is 0 Å². The van der Waals surface area contributed by atoms with Crippen LogP contribution in [0.2, 0.25) is 0 Å². The quantitative estimate of drug-likeness (QED) is 0.788. The van der Waals surface area contributed by atoms with Crippen molar-refractivity contribution in [2.24, 2.45) is 5.73 Å². The molecule has 2 atom stereocenters. The van der Waals surface area contributed by atoms with E-state index in [2.05, 4.69) is 29.6 Å².